The van der Waals surface area contributed by atoms with E-state index in [2.05, 4.69) is 11.6 Å². The highest BCUT2D eigenvalue weighted by Gasteiger charge is 2.32. The Hall–Kier alpha value is -1.57. The molecule has 2 heteroatoms. The Labute approximate surface area is 91.6 Å². The lowest BCUT2D eigenvalue weighted by Crippen LogP contribution is -2.27. The fourth-order valence-electron chi connectivity index (χ4n) is 1.56. The molecule has 0 aromatic heterocycles. The van der Waals surface area contributed by atoms with E-state index < -0.39 is 0 Å². The first kappa shape index (κ1) is 11.5. The van der Waals surface area contributed by atoms with Crippen LogP contribution in [0.15, 0.2) is 52.8 Å². The van der Waals surface area contributed by atoms with Gasteiger partial charge in [-0.2, -0.15) is 0 Å². The number of nitrogens with zero attached hydrogens (tertiary/aromatic N) is 1. The molecular formula is C13H18N2. The average molecular weight is 202 g/mol. The van der Waals surface area contributed by atoms with Gasteiger partial charge >= 0.3 is 0 Å². The van der Waals surface area contributed by atoms with Gasteiger partial charge in [0.1, 0.15) is 0 Å². The highest BCUT2D eigenvalue weighted by molar-refractivity contribution is 5.57. The number of rotatable bonds is 2. The van der Waals surface area contributed by atoms with Crippen LogP contribution in [0.5, 0.6) is 0 Å². The molecule has 0 aliphatic heterocycles. The molecule has 80 valence electrons. The van der Waals surface area contributed by atoms with Crippen molar-refractivity contribution in [2.45, 2.75) is 20.8 Å². The Balaban J connectivity index is 3.34. The van der Waals surface area contributed by atoms with E-state index in [4.69, 9.17) is 5.73 Å². The molecule has 1 aliphatic carbocycles. The third kappa shape index (κ3) is 1.94. The number of nitrogens with two attached hydrogens (primary N) is 1. The second kappa shape index (κ2) is 4.30. The van der Waals surface area contributed by atoms with Gasteiger partial charge in [0.05, 0.1) is 11.1 Å². The zero-order valence-electron chi connectivity index (χ0n) is 9.62. The van der Waals surface area contributed by atoms with Gasteiger partial charge in [-0.3, -0.25) is 4.99 Å². The van der Waals surface area contributed by atoms with Crippen LogP contribution in [0.1, 0.15) is 20.8 Å². The molecule has 15 heavy (non-hydrogen) atoms. The highest BCUT2D eigenvalue weighted by atomic mass is 14.8. The second-order valence-corrected chi connectivity index (χ2v) is 3.85. The number of hydrogen-bond donors (Lipinski definition) is 1. The van der Waals surface area contributed by atoms with Crippen LogP contribution in [0.2, 0.25) is 0 Å². The van der Waals surface area contributed by atoms with E-state index in [0.29, 0.717) is 0 Å². The second-order valence-electron chi connectivity index (χ2n) is 3.85. The van der Waals surface area contributed by atoms with Crippen molar-refractivity contribution in [2.24, 2.45) is 16.1 Å². The minimum Gasteiger partial charge on any atom is -0.401 e. The van der Waals surface area contributed by atoms with E-state index in [1.165, 1.54) is 0 Å². The molecule has 0 saturated carbocycles. The minimum atomic E-state index is -0.365. The van der Waals surface area contributed by atoms with Crippen molar-refractivity contribution in [3.8, 4) is 0 Å². The molecule has 0 spiro atoms. The van der Waals surface area contributed by atoms with Crippen molar-refractivity contribution in [1.82, 2.24) is 0 Å². The van der Waals surface area contributed by atoms with Gasteiger partial charge < -0.3 is 5.73 Å². The van der Waals surface area contributed by atoms with Crippen LogP contribution in [0.4, 0.5) is 0 Å². The minimum absolute atomic E-state index is 0.365. The first-order valence-corrected chi connectivity index (χ1v) is 5.03. The molecule has 0 saturated heterocycles. The Bertz CT molecular complexity index is 383. The molecule has 0 aromatic rings. The molecule has 1 aliphatic rings. The number of allylic oxidation sites excluding steroid dienone is 4. The van der Waals surface area contributed by atoms with Crippen LogP contribution in [-0.2, 0) is 0 Å². The lowest BCUT2D eigenvalue weighted by atomic mass is 9.77. The van der Waals surface area contributed by atoms with Gasteiger partial charge in [0.15, 0.2) is 0 Å². The van der Waals surface area contributed by atoms with Crippen LogP contribution in [0, 0.1) is 5.41 Å². The summed E-state index contributed by atoms with van der Waals surface area (Å²) in [5, 5.41) is 0. The first-order chi connectivity index (χ1) is 7.03. The smallest absolute Gasteiger partial charge is 0.0695 e. The van der Waals surface area contributed by atoms with Crippen LogP contribution in [0.3, 0.4) is 0 Å². The Kier molecular flexibility index (Phi) is 3.30. The summed E-state index contributed by atoms with van der Waals surface area (Å²) in [6.45, 7) is 9.93. The third-order valence-electron chi connectivity index (χ3n) is 2.85. The summed E-state index contributed by atoms with van der Waals surface area (Å²) in [7, 11) is 0. The van der Waals surface area contributed by atoms with Gasteiger partial charge in [0.25, 0.3) is 0 Å². The third-order valence-corrected chi connectivity index (χ3v) is 2.85. The molecule has 1 unspecified atom stereocenters. The zero-order valence-corrected chi connectivity index (χ0v) is 9.62. The molecule has 0 amide bonds. The van der Waals surface area contributed by atoms with Gasteiger partial charge in [-0.1, -0.05) is 24.3 Å². The summed E-state index contributed by atoms with van der Waals surface area (Å²) in [6.07, 6.45) is 9.53. The van der Waals surface area contributed by atoms with E-state index in [1.54, 1.807) is 6.21 Å². The molecule has 0 heterocycles. The quantitative estimate of drug-likeness (QED) is 0.542. The molecule has 0 fully saturated rings. The standard InChI is InChI=1S/C13H18N2/c1-5-15-12-9-7-6-8-11(14)13(12,4)10(2)3/h5-9H,2,14H2,1,3-4H3. The predicted molar refractivity (Wildman–Crippen MR) is 66.6 cm³/mol. The molecule has 0 bridgehead atoms. The molecule has 1 rings (SSSR count). The van der Waals surface area contributed by atoms with Crippen molar-refractivity contribution < 1.29 is 0 Å². The van der Waals surface area contributed by atoms with Crippen LogP contribution >= 0.6 is 0 Å². The first-order valence-electron chi connectivity index (χ1n) is 5.03. The summed E-state index contributed by atoms with van der Waals surface area (Å²) < 4.78 is 0. The fourth-order valence-corrected chi connectivity index (χ4v) is 1.56. The summed E-state index contributed by atoms with van der Waals surface area (Å²) in [4.78, 5) is 4.37. The van der Waals surface area contributed by atoms with Crippen molar-refractivity contribution in [3.63, 3.8) is 0 Å². The van der Waals surface area contributed by atoms with Crippen LogP contribution < -0.4 is 5.73 Å². The van der Waals surface area contributed by atoms with Crippen molar-refractivity contribution >= 4 is 6.21 Å². The average Bonchev–Trinajstić information content (AvgIpc) is 2.32. The summed E-state index contributed by atoms with van der Waals surface area (Å²) in [5.41, 5.74) is 8.41. The normalized spacial score (nSPS) is 26.1. The van der Waals surface area contributed by atoms with Gasteiger partial charge in [-0.25, -0.2) is 0 Å². The lowest BCUT2D eigenvalue weighted by molar-refractivity contribution is 0.562. The molecule has 1 atom stereocenters. The predicted octanol–water partition coefficient (Wildman–Crippen LogP) is 2.96. The van der Waals surface area contributed by atoms with Crippen molar-refractivity contribution in [2.75, 3.05) is 0 Å². The fraction of sp³-hybridized carbons (Fsp3) is 0.308. The van der Waals surface area contributed by atoms with Crippen molar-refractivity contribution in [1.29, 1.82) is 0 Å². The molecular weight excluding hydrogens is 184 g/mol. The molecule has 2 nitrogen and oxygen atoms in total. The maximum Gasteiger partial charge on any atom is 0.0695 e. The van der Waals surface area contributed by atoms with Gasteiger partial charge in [0, 0.05) is 11.9 Å². The molecule has 0 aromatic carbocycles. The maximum absolute atomic E-state index is 6.07. The SMILES string of the molecule is C=C(C)C1(C)C(N)=CC=CC=C1N=CC. The Morgan fingerprint density at radius 2 is 2.07 bits per heavy atom. The van der Waals surface area contributed by atoms with E-state index in [1.807, 2.05) is 45.1 Å². The maximum atomic E-state index is 6.07. The zero-order chi connectivity index (χ0) is 11.5. The van der Waals surface area contributed by atoms with E-state index in [-0.39, 0.29) is 5.41 Å². The summed E-state index contributed by atoms with van der Waals surface area (Å²) in [6, 6.07) is 0. The van der Waals surface area contributed by atoms with E-state index in [0.717, 1.165) is 17.0 Å². The van der Waals surface area contributed by atoms with Crippen LogP contribution in [-0.4, -0.2) is 6.21 Å². The largest absolute Gasteiger partial charge is 0.401 e. The van der Waals surface area contributed by atoms with Crippen LogP contribution in [0.25, 0.3) is 0 Å². The van der Waals surface area contributed by atoms with Gasteiger partial charge in [-0.15, -0.1) is 0 Å². The molecule has 0 radical (unpaired) electrons. The lowest BCUT2D eigenvalue weighted by Gasteiger charge is -2.30. The van der Waals surface area contributed by atoms with E-state index in [9.17, 15) is 0 Å². The van der Waals surface area contributed by atoms with Gasteiger partial charge in [-0.05, 0) is 32.9 Å². The monoisotopic (exact) mass is 202 g/mol. The number of aliphatic imine (C=N–C) groups is 1. The topological polar surface area (TPSA) is 38.4 Å². The summed E-state index contributed by atoms with van der Waals surface area (Å²) >= 11 is 0. The Morgan fingerprint density at radius 1 is 1.47 bits per heavy atom. The molecule has 2 N–H and O–H groups in total. The van der Waals surface area contributed by atoms with Crippen molar-refractivity contribution in [3.05, 3.63) is 47.9 Å². The van der Waals surface area contributed by atoms with Gasteiger partial charge in [0.2, 0.25) is 0 Å². The van der Waals surface area contributed by atoms with E-state index >= 15 is 0 Å². The summed E-state index contributed by atoms with van der Waals surface area (Å²) in [5.74, 6) is 0. The Morgan fingerprint density at radius 3 is 2.60 bits per heavy atom. The number of hydrogen-bond acceptors (Lipinski definition) is 2. The highest BCUT2D eigenvalue weighted by Crippen LogP contribution is 2.40.